The summed E-state index contributed by atoms with van der Waals surface area (Å²) >= 11 is 0. The first kappa shape index (κ1) is 22.6. The van der Waals surface area contributed by atoms with Crippen molar-refractivity contribution in [2.45, 2.75) is 0 Å². The van der Waals surface area contributed by atoms with E-state index in [0.29, 0.717) is 45.8 Å². The molecule has 0 bridgehead atoms. The lowest BCUT2D eigenvalue weighted by atomic mass is 10.1. The Hall–Kier alpha value is -4.59. The number of hydrogen-bond donors (Lipinski definition) is 1. The molecule has 4 rings (SSSR count). The van der Waals surface area contributed by atoms with Gasteiger partial charge in [0.05, 0.1) is 27.0 Å². The molecule has 0 aliphatic carbocycles. The van der Waals surface area contributed by atoms with Crippen LogP contribution in [-0.4, -0.2) is 37.2 Å². The van der Waals surface area contributed by atoms with Gasteiger partial charge in [-0.1, -0.05) is 24.3 Å². The van der Waals surface area contributed by atoms with Crippen molar-refractivity contribution in [1.82, 2.24) is 9.97 Å². The van der Waals surface area contributed by atoms with Crippen LogP contribution in [0, 0.1) is 0 Å². The first-order valence-corrected chi connectivity index (χ1v) is 10.4. The molecule has 0 aliphatic rings. The summed E-state index contributed by atoms with van der Waals surface area (Å²) in [5.41, 5.74) is 2.37. The maximum absolute atomic E-state index is 12.9. The van der Waals surface area contributed by atoms with Crippen LogP contribution in [0.3, 0.4) is 0 Å². The predicted molar refractivity (Wildman–Crippen MR) is 128 cm³/mol. The van der Waals surface area contributed by atoms with Crippen molar-refractivity contribution < 1.29 is 23.7 Å². The third-order valence-corrected chi connectivity index (χ3v) is 4.96. The number of carbonyl (C=O) groups excluding carboxylic acids is 1. The summed E-state index contributed by atoms with van der Waals surface area (Å²) in [5, 5.41) is 2.87. The lowest BCUT2D eigenvalue weighted by Gasteiger charge is -2.11. The summed E-state index contributed by atoms with van der Waals surface area (Å²) < 4.78 is 21.7. The van der Waals surface area contributed by atoms with Crippen LogP contribution in [0.5, 0.6) is 28.9 Å². The summed E-state index contributed by atoms with van der Waals surface area (Å²) in [4.78, 5) is 21.4. The molecule has 0 saturated heterocycles. The predicted octanol–water partition coefficient (Wildman–Crippen LogP) is 5.21. The van der Waals surface area contributed by atoms with Gasteiger partial charge in [0.15, 0.2) is 11.5 Å². The maximum atomic E-state index is 12.9. The van der Waals surface area contributed by atoms with Gasteiger partial charge in [-0.3, -0.25) is 4.79 Å². The van der Waals surface area contributed by atoms with Crippen molar-refractivity contribution in [1.29, 1.82) is 0 Å². The number of methoxy groups -OCH3 is 3. The quantitative estimate of drug-likeness (QED) is 0.388. The smallest absolute Gasteiger partial charge is 0.255 e. The van der Waals surface area contributed by atoms with Gasteiger partial charge in [-0.2, -0.15) is 0 Å². The zero-order valence-electron chi connectivity index (χ0n) is 18.9. The Balaban J connectivity index is 1.56. The fraction of sp³-hybridized carbons (Fsp3) is 0.115. The van der Waals surface area contributed by atoms with Crippen LogP contribution in [-0.2, 0) is 0 Å². The number of hydrogen-bond acceptors (Lipinski definition) is 7. The highest BCUT2D eigenvalue weighted by Crippen LogP contribution is 2.31. The Bertz CT molecular complexity index is 1290. The molecule has 0 saturated carbocycles. The molecule has 8 heteroatoms. The van der Waals surface area contributed by atoms with E-state index in [0.717, 1.165) is 5.56 Å². The Labute approximate surface area is 197 Å². The molecule has 172 valence electrons. The van der Waals surface area contributed by atoms with Gasteiger partial charge in [0, 0.05) is 41.1 Å². The number of benzene rings is 3. The van der Waals surface area contributed by atoms with E-state index in [2.05, 4.69) is 15.3 Å². The lowest BCUT2D eigenvalue weighted by molar-refractivity contribution is 0.102. The third-order valence-electron chi connectivity index (χ3n) is 4.96. The molecule has 34 heavy (non-hydrogen) atoms. The largest absolute Gasteiger partial charge is 0.497 e. The molecule has 0 fully saturated rings. The molecule has 1 N–H and O–H groups in total. The SMILES string of the molecule is COc1cc(NC(=O)c2cccc(-c3cc(Oc4ccccc4OC)ncn3)c2)cc(OC)c1. The number of ether oxygens (including phenoxy) is 4. The molecular formula is C26H23N3O5. The first-order chi connectivity index (χ1) is 16.6. The van der Waals surface area contributed by atoms with E-state index in [9.17, 15) is 4.79 Å². The molecule has 0 unspecified atom stereocenters. The van der Waals surface area contributed by atoms with Crippen LogP contribution in [0.25, 0.3) is 11.3 Å². The van der Waals surface area contributed by atoms with Crippen molar-refractivity contribution in [2.24, 2.45) is 0 Å². The van der Waals surface area contributed by atoms with Crippen LogP contribution >= 0.6 is 0 Å². The number of nitrogens with one attached hydrogen (secondary N) is 1. The Morgan fingerprint density at radius 3 is 2.21 bits per heavy atom. The second-order valence-corrected chi connectivity index (χ2v) is 7.13. The van der Waals surface area contributed by atoms with Gasteiger partial charge in [-0.05, 0) is 24.3 Å². The highest BCUT2D eigenvalue weighted by Gasteiger charge is 2.12. The normalized spacial score (nSPS) is 10.3. The van der Waals surface area contributed by atoms with Crippen LogP contribution in [0.4, 0.5) is 5.69 Å². The maximum Gasteiger partial charge on any atom is 0.255 e. The zero-order chi connectivity index (χ0) is 23.9. The summed E-state index contributed by atoms with van der Waals surface area (Å²) in [5.74, 6) is 2.36. The van der Waals surface area contributed by atoms with E-state index in [4.69, 9.17) is 18.9 Å². The van der Waals surface area contributed by atoms with E-state index >= 15 is 0 Å². The van der Waals surface area contributed by atoms with Gasteiger partial charge in [-0.25, -0.2) is 9.97 Å². The van der Waals surface area contributed by atoms with E-state index in [1.54, 1.807) is 75.9 Å². The standard InChI is InChI=1S/C26H23N3O5/c1-31-20-12-19(13-21(14-20)32-2)29-26(30)18-8-6-7-17(11-18)22-15-25(28-16-27-22)34-24-10-5-4-9-23(24)33-3/h4-16H,1-3H3,(H,29,30). The number of carbonyl (C=O) groups is 1. The number of para-hydroxylation sites is 2. The van der Waals surface area contributed by atoms with Crippen LogP contribution in [0.1, 0.15) is 10.4 Å². The van der Waals surface area contributed by atoms with Crippen molar-refractivity contribution in [3.05, 3.63) is 84.7 Å². The van der Waals surface area contributed by atoms with Gasteiger partial charge in [0.2, 0.25) is 5.88 Å². The zero-order valence-corrected chi connectivity index (χ0v) is 18.9. The van der Waals surface area contributed by atoms with Crippen molar-refractivity contribution in [2.75, 3.05) is 26.6 Å². The van der Waals surface area contributed by atoms with E-state index in [1.807, 2.05) is 18.2 Å². The van der Waals surface area contributed by atoms with Gasteiger partial charge in [0.25, 0.3) is 5.91 Å². The Morgan fingerprint density at radius 1 is 0.765 bits per heavy atom. The van der Waals surface area contributed by atoms with Crippen LogP contribution < -0.4 is 24.3 Å². The van der Waals surface area contributed by atoms with E-state index in [-0.39, 0.29) is 5.91 Å². The van der Waals surface area contributed by atoms with Crippen molar-refractivity contribution in [3.8, 4) is 40.1 Å². The summed E-state index contributed by atoms with van der Waals surface area (Å²) in [6.07, 6.45) is 1.41. The van der Waals surface area contributed by atoms with Gasteiger partial charge >= 0.3 is 0 Å². The monoisotopic (exact) mass is 457 g/mol. The highest BCUT2D eigenvalue weighted by molar-refractivity contribution is 6.05. The molecule has 0 atom stereocenters. The second kappa shape index (κ2) is 10.4. The minimum Gasteiger partial charge on any atom is -0.497 e. The van der Waals surface area contributed by atoms with Gasteiger partial charge in [-0.15, -0.1) is 0 Å². The number of aromatic nitrogens is 2. The number of rotatable bonds is 8. The van der Waals surface area contributed by atoms with E-state index < -0.39 is 0 Å². The lowest BCUT2D eigenvalue weighted by Crippen LogP contribution is -2.12. The molecule has 3 aromatic carbocycles. The number of amides is 1. The minimum absolute atomic E-state index is 0.281. The molecule has 4 aromatic rings. The molecule has 1 amide bonds. The molecule has 0 spiro atoms. The van der Waals surface area contributed by atoms with E-state index in [1.165, 1.54) is 6.33 Å². The molecule has 8 nitrogen and oxygen atoms in total. The molecule has 1 heterocycles. The summed E-state index contributed by atoms with van der Waals surface area (Å²) in [6, 6.07) is 21.3. The second-order valence-electron chi connectivity index (χ2n) is 7.13. The molecule has 0 radical (unpaired) electrons. The van der Waals surface area contributed by atoms with Crippen LogP contribution in [0.2, 0.25) is 0 Å². The topological polar surface area (TPSA) is 91.8 Å². The fourth-order valence-corrected chi connectivity index (χ4v) is 3.27. The van der Waals surface area contributed by atoms with Crippen molar-refractivity contribution >= 4 is 11.6 Å². The van der Waals surface area contributed by atoms with Gasteiger partial charge in [0.1, 0.15) is 17.8 Å². The average molecular weight is 457 g/mol. The fourth-order valence-electron chi connectivity index (χ4n) is 3.27. The Kier molecular flexibility index (Phi) is 6.88. The summed E-state index contributed by atoms with van der Waals surface area (Å²) in [6.45, 7) is 0. The minimum atomic E-state index is -0.281. The number of anilines is 1. The molecule has 1 aromatic heterocycles. The number of nitrogens with zero attached hydrogens (tertiary/aromatic N) is 2. The Morgan fingerprint density at radius 2 is 1.50 bits per heavy atom. The third kappa shape index (κ3) is 5.24. The van der Waals surface area contributed by atoms with Crippen molar-refractivity contribution in [3.63, 3.8) is 0 Å². The summed E-state index contributed by atoms with van der Waals surface area (Å²) in [7, 11) is 4.68. The average Bonchev–Trinajstić information content (AvgIpc) is 2.89. The first-order valence-electron chi connectivity index (χ1n) is 10.4. The van der Waals surface area contributed by atoms with Gasteiger partial charge < -0.3 is 24.3 Å². The molecule has 0 aliphatic heterocycles. The highest BCUT2D eigenvalue weighted by atomic mass is 16.5. The van der Waals surface area contributed by atoms with Crippen LogP contribution in [0.15, 0.2) is 79.1 Å². The molecular weight excluding hydrogens is 434 g/mol.